The average molecular weight is 495 g/mol. The zero-order chi connectivity index (χ0) is 25.5. The summed E-state index contributed by atoms with van der Waals surface area (Å²) in [7, 11) is 0. The molecule has 1 atom stereocenters. The second-order valence-corrected chi connectivity index (χ2v) is 11.7. The zero-order valence-electron chi connectivity index (χ0n) is 24.7. The van der Waals surface area contributed by atoms with E-state index in [0.717, 1.165) is 19.4 Å². The van der Waals surface area contributed by atoms with Gasteiger partial charge in [0.05, 0.1) is 0 Å². The lowest BCUT2D eigenvalue weighted by atomic mass is 10.0. The van der Waals surface area contributed by atoms with Crippen molar-refractivity contribution in [1.29, 1.82) is 0 Å². The molecule has 35 heavy (non-hydrogen) atoms. The van der Waals surface area contributed by atoms with Crippen LogP contribution in [0.1, 0.15) is 200 Å². The monoisotopic (exact) mass is 495 g/mol. The third-order valence-electron chi connectivity index (χ3n) is 7.97. The van der Waals surface area contributed by atoms with Gasteiger partial charge in [-0.2, -0.15) is 0 Å². The molecule has 2 heteroatoms. The molecule has 0 aliphatic heterocycles. The lowest BCUT2D eigenvalue weighted by Crippen LogP contribution is -2.23. The van der Waals surface area contributed by atoms with Gasteiger partial charge in [-0.15, -0.1) is 0 Å². The van der Waals surface area contributed by atoms with Gasteiger partial charge in [0, 0.05) is 6.04 Å². The second kappa shape index (κ2) is 31.9. The van der Waals surface area contributed by atoms with Crippen LogP contribution in [0.25, 0.3) is 0 Å². The lowest BCUT2D eigenvalue weighted by molar-refractivity contribution is 0.502. The maximum Gasteiger partial charge on any atom is 0.00508 e. The van der Waals surface area contributed by atoms with E-state index in [1.54, 1.807) is 0 Å². The van der Waals surface area contributed by atoms with Crippen molar-refractivity contribution < 1.29 is 0 Å². The van der Waals surface area contributed by atoms with E-state index < -0.39 is 0 Å². The summed E-state index contributed by atoms with van der Waals surface area (Å²) in [6, 6.07) is 0.337. The standard InChI is InChI=1S/C33H70N2/c1-2-3-4-5-6-7-8-9-10-11-12-13-14-15-16-17-18-19-20-21-22-23-24-25-26-27-28-29-30-33(35)31-32-34/h33H,2-32,34-35H2,1H3. The summed E-state index contributed by atoms with van der Waals surface area (Å²) in [5.74, 6) is 0. The van der Waals surface area contributed by atoms with Gasteiger partial charge in [0.25, 0.3) is 0 Å². The number of nitrogens with two attached hydrogens (primary N) is 2. The topological polar surface area (TPSA) is 52.0 Å². The smallest absolute Gasteiger partial charge is 0.00508 e. The molecule has 0 aromatic rings. The molecule has 0 saturated carbocycles. The second-order valence-electron chi connectivity index (χ2n) is 11.7. The van der Waals surface area contributed by atoms with Crippen LogP contribution in [-0.4, -0.2) is 12.6 Å². The summed E-state index contributed by atoms with van der Waals surface area (Å²) < 4.78 is 0. The maximum atomic E-state index is 6.01. The number of hydrogen-bond acceptors (Lipinski definition) is 2. The van der Waals surface area contributed by atoms with Crippen molar-refractivity contribution >= 4 is 0 Å². The minimum Gasteiger partial charge on any atom is -0.330 e. The first-order chi connectivity index (χ1) is 17.3. The summed E-state index contributed by atoms with van der Waals surface area (Å²) in [5.41, 5.74) is 11.6. The van der Waals surface area contributed by atoms with Crippen molar-refractivity contribution in [3.05, 3.63) is 0 Å². The van der Waals surface area contributed by atoms with Gasteiger partial charge in [-0.3, -0.25) is 0 Å². The highest BCUT2D eigenvalue weighted by Crippen LogP contribution is 2.16. The van der Waals surface area contributed by atoms with E-state index in [1.807, 2.05) is 0 Å². The molecule has 212 valence electrons. The molecule has 0 bridgehead atoms. The van der Waals surface area contributed by atoms with Crippen molar-refractivity contribution in [2.24, 2.45) is 11.5 Å². The Labute approximate surface area is 223 Å². The van der Waals surface area contributed by atoms with Crippen molar-refractivity contribution in [2.75, 3.05) is 6.54 Å². The van der Waals surface area contributed by atoms with Crippen LogP contribution >= 0.6 is 0 Å². The molecular weight excluding hydrogens is 424 g/mol. The highest BCUT2D eigenvalue weighted by molar-refractivity contribution is 4.61. The Balaban J connectivity index is 3.03. The summed E-state index contributed by atoms with van der Waals surface area (Å²) in [4.78, 5) is 0. The highest BCUT2D eigenvalue weighted by Gasteiger charge is 2.00. The summed E-state index contributed by atoms with van der Waals surface area (Å²) in [5, 5.41) is 0. The van der Waals surface area contributed by atoms with Gasteiger partial charge in [0.1, 0.15) is 0 Å². The third kappa shape index (κ3) is 31.9. The van der Waals surface area contributed by atoms with E-state index >= 15 is 0 Å². The van der Waals surface area contributed by atoms with E-state index in [-0.39, 0.29) is 0 Å². The maximum absolute atomic E-state index is 6.01. The highest BCUT2D eigenvalue weighted by atomic mass is 14.6. The van der Waals surface area contributed by atoms with Gasteiger partial charge in [0.2, 0.25) is 0 Å². The van der Waals surface area contributed by atoms with E-state index in [0.29, 0.717) is 6.04 Å². The van der Waals surface area contributed by atoms with Crippen LogP contribution in [0.2, 0.25) is 0 Å². The molecule has 0 radical (unpaired) electrons. The minimum absolute atomic E-state index is 0.337. The molecule has 4 N–H and O–H groups in total. The predicted octanol–water partition coefficient (Wildman–Crippen LogP) is 11.0. The Morgan fingerprint density at radius 3 is 0.800 bits per heavy atom. The SMILES string of the molecule is CCCCCCCCCCCCCCCCCCCCCCCCCCCCCCC(N)CCN. The molecule has 0 spiro atoms. The first-order valence-electron chi connectivity index (χ1n) is 16.8. The predicted molar refractivity (Wildman–Crippen MR) is 161 cm³/mol. The van der Waals surface area contributed by atoms with Gasteiger partial charge in [-0.05, 0) is 19.4 Å². The Morgan fingerprint density at radius 2 is 0.571 bits per heavy atom. The van der Waals surface area contributed by atoms with Crippen LogP contribution in [0.5, 0.6) is 0 Å². The molecule has 0 fully saturated rings. The number of unbranched alkanes of at least 4 members (excludes halogenated alkanes) is 27. The Morgan fingerprint density at radius 1 is 0.343 bits per heavy atom. The van der Waals surface area contributed by atoms with Crippen molar-refractivity contribution in [1.82, 2.24) is 0 Å². The molecule has 0 saturated heterocycles. The fourth-order valence-corrected chi connectivity index (χ4v) is 5.43. The molecule has 0 aromatic heterocycles. The van der Waals surface area contributed by atoms with Crippen LogP contribution in [0.3, 0.4) is 0 Å². The van der Waals surface area contributed by atoms with Crippen molar-refractivity contribution in [3.8, 4) is 0 Å². The summed E-state index contributed by atoms with van der Waals surface area (Å²) in [6.07, 6.45) is 42.9. The van der Waals surface area contributed by atoms with Crippen LogP contribution < -0.4 is 11.5 Å². The summed E-state index contributed by atoms with van der Waals surface area (Å²) >= 11 is 0. The quantitative estimate of drug-likeness (QED) is 0.0941. The van der Waals surface area contributed by atoms with E-state index in [9.17, 15) is 0 Å². The van der Waals surface area contributed by atoms with Gasteiger partial charge in [-0.25, -0.2) is 0 Å². The minimum atomic E-state index is 0.337. The van der Waals surface area contributed by atoms with Crippen LogP contribution in [0.15, 0.2) is 0 Å². The fraction of sp³-hybridized carbons (Fsp3) is 1.00. The third-order valence-corrected chi connectivity index (χ3v) is 7.97. The zero-order valence-corrected chi connectivity index (χ0v) is 24.7. The van der Waals surface area contributed by atoms with E-state index in [4.69, 9.17) is 11.5 Å². The molecule has 2 nitrogen and oxygen atoms in total. The first-order valence-corrected chi connectivity index (χ1v) is 16.8. The molecule has 0 amide bonds. The Hall–Kier alpha value is -0.0800. The van der Waals surface area contributed by atoms with Crippen molar-refractivity contribution in [3.63, 3.8) is 0 Å². The van der Waals surface area contributed by atoms with Gasteiger partial charge < -0.3 is 11.5 Å². The molecule has 0 aliphatic carbocycles. The Kier molecular flexibility index (Phi) is 31.9. The fourth-order valence-electron chi connectivity index (χ4n) is 5.43. The Bertz CT molecular complexity index is 357. The van der Waals surface area contributed by atoms with Crippen LogP contribution in [0, 0.1) is 0 Å². The van der Waals surface area contributed by atoms with Crippen molar-refractivity contribution in [2.45, 2.75) is 206 Å². The van der Waals surface area contributed by atoms with E-state index in [1.165, 1.54) is 180 Å². The number of rotatable bonds is 31. The summed E-state index contributed by atoms with van der Waals surface area (Å²) in [6.45, 7) is 3.04. The lowest BCUT2D eigenvalue weighted by Gasteiger charge is -2.09. The molecule has 0 aliphatic rings. The molecule has 0 heterocycles. The first kappa shape index (κ1) is 34.9. The van der Waals surface area contributed by atoms with Gasteiger partial charge in [-0.1, -0.05) is 187 Å². The number of hydrogen-bond donors (Lipinski definition) is 2. The molecule has 0 aromatic carbocycles. The van der Waals surface area contributed by atoms with Crippen LogP contribution in [-0.2, 0) is 0 Å². The molecular formula is C33H70N2. The average Bonchev–Trinajstić information content (AvgIpc) is 2.86. The van der Waals surface area contributed by atoms with Gasteiger partial charge in [0.15, 0.2) is 0 Å². The normalized spacial score (nSPS) is 12.4. The largest absolute Gasteiger partial charge is 0.330 e. The van der Waals surface area contributed by atoms with E-state index in [2.05, 4.69) is 6.92 Å². The molecule has 1 unspecified atom stereocenters. The van der Waals surface area contributed by atoms with Gasteiger partial charge >= 0.3 is 0 Å². The molecule has 0 rings (SSSR count). The van der Waals surface area contributed by atoms with Crippen LogP contribution in [0.4, 0.5) is 0 Å².